The minimum absolute atomic E-state index is 0.0714. The van der Waals surface area contributed by atoms with Gasteiger partial charge in [0.05, 0.1) is 29.7 Å². The number of rotatable bonds is 5. The summed E-state index contributed by atoms with van der Waals surface area (Å²) in [6, 6.07) is 10.1. The average Bonchev–Trinajstić information content (AvgIpc) is 2.64. The fourth-order valence-electron chi connectivity index (χ4n) is 3.82. The lowest BCUT2D eigenvalue weighted by Gasteiger charge is -2.39. The number of methoxy groups -OCH3 is 1. The van der Waals surface area contributed by atoms with E-state index >= 15 is 0 Å². The molecule has 0 unspecified atom stereocenters. The molecule has 1 aromatic rings. The van der Waals surface area contributed by atoms with Gasteiger partial charge in [-0.25, -0.2) is 0 Å². The molecule has 0 amide bonds. The van der Waals surface area contributed by atoms with E-state index in [9.17, 15) is 10.1 Å². The van der Waals surface area contributed by atoms with Crippen LogP contribution in [0.25, 0.3) is 0 Å². The first kappa shape index (κ1) is 19.6. The quantitative estimate of drug-likeness (QED) is 0.784. The Balaban J connectivity index is 2.13. The Kier molecular flexibility index (Phi) is 5.67. The molecule has 0 fully saturated rings. The molecule has 0 saturated carbocycles. The number of hydrogen-bond acceptors (Lipinski definition) is 5. The van der Waals surface area contributed by atoms with Gasteiger partial charge in [0.15, 0.2) is 5.78 Å². The van der Waals surface area contributed by atoms with Crippen molar-refractivity contribution in [3.8, 4) is 11.8 Å². The Bertz CT molecular complexity index is 844. The van der Waals surface area contributed by atoms with E-state index in [0.717, 1.165) is 46.2 Å². The number of carbonyl (C=O) groups excluding carboxylic acids is 1. The number of Topliss-reactive ketones (excluding diaryl/α,β-unsaturated/α-hetero) is 1. The number of benzene rings is 1. The van der Waals surface area contributed by atoms with Gasteiger partial charge in [-0.1, -0.05) is 32.9 Å². The Morgan fingerprint density at radius 2 is 2.00 bits per heavy atom. The van der Waals surface area contributed by atoms with Crippen LogP contribution in [-0.2, 0) is 4.79 Å². The second-order valence-corrected chi connectivity index (χ2v) is 8.97. The van der Waals surface area contributed by atoms with E-state index in [1.807, 2.05) is 24.3 Å². The zero-order valence-electron chi connectivity index (χ0n) is 16.4. The summed E-state index contributed by atoms with van der Waals surface area (Å²) < 4.78 is 5.27. The molecule has 0 aromatic heterocycles. The number of ketones is 1. The van der Waals surface area contributed by atoms with Gasteiger partial charge in [0, 0.05) is 17.7 Å². The fraction of sp³-hybridized carbons (Fsp3) is 0.455. The van der Waals surface area contributed by atoms with E-state index in [2.05, 4.69) is 32.2 Å². The number of allylic oxidation sites excluding steroid dienone is 3. The molecule has 142 valence electrons. The number of carbonyl (C=O) groups is 1. The molecular formula is C22H26N2O2S. The molecule has 0 bridgehead atoms. The first-order valence-electron chi connectivity index (χ1n) is 9.34. The van der Waals surface area contributed by atoms with Crippen LogP contribution in [0.15, 0.2) is 46.1 Å². The Labute approximate surface area is 165 Å². The zero-order chi connectivity index (χ0) is 19.6. The smallest absolute Gasteiger partial charge is 0.162 e. The van der Waals surface area contributed by atoms with E-state index in [0.29, 0.717) is 12.0 Å². The van der Waals surface area contributed by atoms with Crippen LogP contribution in [0, 0.1) is 16.7 Å². The summed E-state index contributed by atoms with van der Waals surface area (Å²) >= 11 is 1.67. The normalized spacial score (nSPS) is 21.4. The van der Waals surface area contributed by atoms with Crippen LogP contribution in [-0.4, -0.2) is 18.6 Å². The number of nitrogens with one attached hydrogen (secondary N) is 1. The number of dihydropyridines is 1. The maximum Gasteiger partial charge on any atom is 0.162 e. The number of nitriles is 1. The van der Waals surface area contributed by atoms with Crippen LogP contribution in [0.4, 0.5) is 0 Å². The summed E-state index contributed by atoms with van der Waals surface area (Å²) in [5, 5.41) is 14.3. The van der Waals surface area contributed by atoms with Crippen molar-refractivity contribution < 1.29 is 9.53 Å². The first-order chi connectivity index (χ1) is 12.9. The predicted octanol–water partition coefficient (Wildman–Crippen LogP) is 4.90. The molecule has 1 aromatic carbocycles. The predicted molar refractivity (Wildman–Crippen MR) is 109 cm³/mol. The maximum absolute atomic E-state index is 13.1. The molecule has 1 N–H and O–H groups in total. The van der Waals surface area contributed by atoms with Crippen LogP contribution in [0.2, 0.25) is 0 Å². The van der Waals surface area contributed by atoms with Crippen molar-refractivity contribution in [3.05, 3.63) is 51.7 Å². The SMILES string of the molecule is CCCSC1=C(C#N)[C@H](c2ccc(OC)cc2)C2=C(CC(C)(C)CC2=O)N1. The van der Waals surface area contributed by atoms with Gasteiger partial charge in [0.1, 0.15) is 5.75 Å². The summed E-state index contributed by atoms with van der Waals surface area (Å²) in [6.07, 6.45) is 2.35. The highest BCUT2D eigenvalue weighted by Gasteiger charge is 2.41. The summed E-state index contributed by atoms with van der Waals surface area (Å²) in [5.74, 6) is 1.53. The van der Waals surface area contributed by atoms with Crippen LogP contribution in [0.1, 0.15) is 51.5 Å². The van der Waals surface area contributed by atoms with Crippen LogP contribution < -0.4 is 10.1 Å². The number of hydrogen-bond donors (Lipinski definition) is 1. The van der Waals surface area contributed by atoms with E-state index in [1.165, 1.54) is 0 Å². The molecule has 0 saturated heterocycles. The van der Waals surface area contributed by atoms with Gasteiger partial charge >= 0.3 is 0 Å². The number of thioether (sulfide) groups is 1. The summed E-state index contributed by atoms with van der Waals surface area (Å²) in [4.78, 5) is 13.1. The lowest BCUT2D eigenvalue weighted by molar-refractivity contribution is -0.118. The highest BCUT2D eigenvalue weighted by Crippen LogP contribution is 2.48. The lowest BCUT2D eigenvalue weighted by Crippen LogP contribution is -2.36. The van der Waals surface area contributed by atoms with Gasteiger partial charge < -0.3 is 10.1 Å². The molecular weight excluding hydrogens is 356 g/mol. The van der Waals surface area contributed by atoms with Crippen LogP contribution in [0.5, 0.6) is 5.75 Å². The second kappa shape index (κ2) is 7.82. The van der Waals surface area contributed by atoms with Gasteiger partial charge in [-0.15, -0.1) is 11.8 Å². The molecule has 3 rings (SSSR count). The highest BCUT2D eigenvalue weighted by molar-refractivity contribution is 8.03. The monoisotopic (exact) mass is 382 g/mol. The van der Waals surface area contributed by atoms with Gasteiger partial charge in [0.2, 0.25) is 0 Å². The van der Waals surface area contributed by atoms with E-state index < -0.39 is 0 Å². The molecule has 5 heteroatoms. The standard InChI is InChI=1S/C22H26N2O2S/c1-5-10-27-21-16(13-23)19(14-6-8-15(26-4)9-7-14)20-17(24-21)11-22(2,3)12-18(20)25/h6-9,19,24H,5,10-12H2,1-4H3/t19-/m0/s1. The molecule has 0 spiro atoms. The van der Waals surface area contributed by atoms with Gasteiger partial charge in [-0.05, 0) is 41.7 Å². The first-order valence-corrected chi connectivity index (χ1v) is 10.3. The third-order valence-electron chi connectivity index (χ3n) is 5.03. The number of ether oxygens (including phenoxy) is 1. The topological polar surface area (TPSA) is 62.1 Å². The largest absolute Gasteiger partial charge is 0.497 e. The van der Waals surface area contributed by atoms with E-state index in [1.54, 1.807) is 18.9 Å². The van der Waals surface area contributed by atoms with Crippen molar-refractivity contribution in [2.24, 2.45) is 5.41 Å². The summed E-state index contributed by atoms with van der Waals surface area (Å²) in [7, 11) is 1.63. The molecule has 1 aliphatic carbocycles. The van der Waals surface area contributed by atoms with Crippen molar-refractivity contribution in [1.82, 2.24) is 5.32 Å². The Morgan fingerprint density at radius 1 is 1.30 bits per heavy atom. The van der Waals surface area contributed by atoms with Gasteiger partial charge in [-0.2, -0.15) is 5.26 Å². The molecule has 2 aliphatic rings. The highest BCUT2D eigenvalue weighted by atomic mass is 32.2. The van der Waals surface area contributed by atoms with Crippen molar-refractivity contribution in [3.63, 3.8) is 0 Å². The minimum Gasteiger partial charge on any atom is -0.497 e. The van der Waals surface area contributed by atoms with Crippen molar-refractivity contribution in [2.75, 3.05) is 12.9 Å². The average molecular weight is 383 g/mol. The molecule has 1 atom stereocenters. The van der Waals surface area contributed by atoms with E-state index in [-0.39, 0.29) is 17.1 Å². The third-order valence-corrected chi connectivity index (χ3v) is 6.25. The van der Waals surface area contributed by atoms with Gasteiger partial charge in [-0.3, -0.25) is 4.79 Å². The summed E-state index contributed by atoms with van der Waals surface area (Å²) in [5.41, 5.74) is 3.28. The zero-order valence-corrected chi connectivity index (χ0v) is 17.2. The lowest BCUT2D eigenvalue weighted by atomic mass is 9.69. The molecule has 4 nitrogen and oxygen atoms in total. The Morgan fingerprint density at radius 3 is 2.59 bits per heavy atom. The molecule has 27 heavy (non-hydrogen) atoms. The summed E-state index contributed by atoms with van der Waals surface area (Å²) in [6.45, 7) is 6.38. The van der Waals surface area contributed by atoms with Crippen LogP contribution in [0.3, 0.4) is 0 Å². The minimum atomic E-state index is -0.305. The fourth-order valence-corrected chi connectivity index (χ4v) is 4.75. The van der Waals surface area contributed by atoms with E-state index in [4.69, 9.17) is 4.74 Å². The Hall–Kier alpha value is -2.19. The van der Waals surface area contributed by atoms with Crippen molar-refractivity contribution in [1.29, 1.82) is 5.26 Å². The maximum atomic E-state index is 13.1. The van der Waals surface area contributed by atoms with Crippen LogP contribution >= 0.6 is 11.8 Å². The molecule has 0 radical (unpaired) electrons. The molecule has 1 aliphatic heterocycles. The van der Waals surface area contributed by atoms with Crippen molar-refractivity contribution >= 4 is 17.5 Å². The number of nitrogens with zero attached hydrogens (tertiary/aromatic N) is 1. The third kappa shape index (κ3) is 3.91. The van der Waals surface area contributed by atoms with Crippen molar-refractivity contribution in [2.45, 2.75) is 46.0 Å². The van der Waals surface area contributed by atoms with Gasteiger partial charge in [0.25, 0.3) is 0 Å². The second-order valence-electron chi connectivity index (χ2n) is 7.87. The molecule has 1 heterocycles.